The monoisotopic (exact) mass is 281 g/mol. The number of carbonyl (C=O) groups excluding carboxylic acids is 1. The maximum atomic E-state index is 12.3. The number of carboxylic acid groups (broad SMARTS) is 1. The number of aryl methyl sites for hydroxylation is 1. The van der Waals surface area contributed by atoms with Gasteiger partial charge in [0.2, 0.25) is 0 Å². The molecule has 1 atom stereocenters. The van der Waals surface area contributed by atoms with Gasteiger partial charge in [0.05, 0.1) is 12.7 Å². The predicted molar refractivity (Wildman–Crippen MR) is 71.0 cm³/mol. The molecule has 1 fully saturated rings. The van der Waals surface area contributed by atoms with Crippen molar-refractivity contribution in [1.29, 1.82) is 0 Å². The van der Waals surface area contributed by atoms with Crippen molar-refractivity contribution in [3.05, 3.63) is 23.2 Å². The first kappa shape index (κ1) is 14.6. The van der Waals surface area contributed by atoms with Crippen LogP contribution in [-0.2, 0) is 11.2 Å². The van der Waals surface area contributed by atoms with E-state index in [-0.39, 0.29) is 23.3 Å². The molecule has 1 aromatic rings. The fourth-order valence-corrected chi connectivity index (χ4v) is 2.28. The molecular weight excluding hydrogens is 262 g/mol. The molecule has 1 unspecified atom stereocenters. The van der Waals surface area contributed by atoms with Gasteiger partial charge in [0.1, 0.15) is 11.3 Å². The molecule has 6 nitrogen and oxygen atoms in total. The van der Waals surface area contributed by atoms with Crippen LogP contribution in [0.2, 0.25) is 0 Å². The number of aromatic carboxylic acids is 1. The summed E-state index contributed by atoms with van der Waals surface area (Å²) in [7, 11) is 0. The zero-order valence-corrected chi connectivity index (χ0v) is 11.7. The Hall–Kier alpha value is -1.82. The molecule has 1 saturated heterocycles. The Morgan fingerprint density at radius 1 is 1.45 bits per heavy atom. The third-order valence-electron chi connectivity index (χ3n) is 3.45. The fraction of sp³-hybridized carbons (Fsp3) is 0.571. The number of hydrogen-bond acceptors (Lipinski definition) is 4. The number of hydrogen-bond donors (Lipinski definition) is 1. The van der Waals surface area contributed by atoms with Crippen LogP contribution in [0.4, 0.5) is 0 Å². The molecule has 110 valence electrons. The van der Waals surface area contributed by atoms with Crippen LogP contribution in [-0.4, -0.2) is 47.7 Å². The summed E-state index contributed by atoms with van der Waals surface area (Å²) in [5.74, 6) is -0.913. The third-order valence-corrected chi connectivity index (χ3v) is 3.45. The molecule has 1 aliphatic rings. The minimum Gasteiger partial charge on any atom is -0.478 e. The molecule has 1 aromatic heterocycles. The van der Waals surface area contributed by atoms with Gasteiger partial charge in [-0.25, -0.2) is 4.79 Å². The van der Waals surface area contributed by atoms with Crippen LogP contribution in [0.5, 0.6) is 0 Å². The molecule has 2 rings (SSSR count). The molecule has 20 heavy (non-hydrogen) atoms. The van der Waals surface area contributed by atoms with Crippen LogP contribution in [0.25, 0.3) is 0 Å². The largest absolute Gasteiger partial charge is 0.478 e. The van der Waals surface area contributed by atoms with E-state index >= 15 is 0 Å². The molecule has 1 amide bonds. The second-order valence-electron chi connectivity index (χ2n) is 4.76. The Morgan fingerprint density at radius 3 is 2.75 bits per heavy atom. The molecule has 0 spiro atoms. The van der Waals surface area contributed by atoms with Crippen molar-refractivity contribution in [2.75, 3.05) is 19.7 Å². The van der Waals surface area contributed by atoms with Gasteiger partial charge in [-0.3, -0.25) is 4.79 Å². The summed E-state index contributed by atoms with van der Waals surface area (Å²) in [5, 5.41) is 9.08. The zero-order valence-electron chi connectivity index (χ0n) is 11.7. The van der Waals surface area contributed by atoms with E-state index in [9.17, 15) is 9.59 Å². The van der Waals surface area contributed by atoms with Crippen molar-refractivity contribution in [3.63, 3.8) is 0 Å². The lowest BCUT2D eigenvalue weighted by molar-refractivity contribution is -0.0235. The number of rotatable bonds is 4. The average molecular weight is 281 g/mol. The predicted octanol–water partition coefficient (Wildman–Crippen LogP) is 1.79. The molecule has 1 N–H and O–H groups in total. The second-order valence-corrected chi connectivity index (χ2v) is 4.76. The van der Waals surface area contributed by atoms with Crippen LogP contribution in [0.3, 0.4) is 0 Å². The van der Waals surface area contributed by atoms with Crippen LogP contribution in [0.15, 0.2) is 10.5 Å². The number of carboxylic acids is 1. The summed E-state index contributed by atoms with van der Waals surface area (Å²) < 4.78 is 10.9. The van der Waals surface area contributed by atoms with Crippen molar-refractivity contribution in [1.82, 2.24) is 4.90 Å². The van der Waals surface area contributed by atoms with Crippen LogP contribution >= 0.6 is 0 Å². The quantitative estimate of drug-likeness (QED) is 0.910. The Balaban J connectivity index is 2.18. The van der Waals surface area contributed by atoms with Crippen molar-refractivity contribution in [2.24, 2.45) is 0 Å². The van der Waals surface area contributed by atoms with Gasteiger partial charge in [0.15, 0.2) is 5.76 Å². The van der Waals surface area contributed by atoms with Crippen LogP contribution in [0, 0.1) is 0 Å². The van der Waals surface area contributed by atoms with Crippen LogP contribution in [0.1, 0.15) is 46.9 Å². The van der Waals surface area contributed by atoms with Gasteiger partial charge in [0.25, 0.3) is 5.91 Å². The smallest absolute Gasteiger partial charge is 0.339 e. The highest BCUT2D eigenvalue weighted by atomic mass is 16.5. The van der Waals surface area contributed by atoms with Crippen LogP contribution < -0.4 is 0 Å². The van der Waals surface area contributed by atoms with E-state index in [4.69, 9.17) is 14.3 Å². The highest BCUT2D eigenvalue weighted by Crippen LogP contribution is 2.19. The van der Waals surface area contributed by atoms with E-state index in [1.807, 2.05) is 6.92 Å². The Labute approximate surface area is 117 Å². The zero-order chi connectivity index (χ0) is 14.7. The van der Waals surface area contributed by atoms with Crippen molar-refractivity contribution in [2.45, 2.75) is 32.8 Å². The molecule has 0 radical (unpaired) electrons. The van der Waals surface area contributed by atoms with Gasteiger partial charge < -0.3 is 19.2 Å². The number of morpholine rings is 1. The third kappa shape index (κ3) is 2.85. The maximum absolute atomic E-state index is 12.3. The normalized spacial score (nSPS) is 19.1. The Morgan fingerprint density at radius 2 is 2.20 bits per heavy atom. The van der Waals surface area contributed by atoms with Crippen molar-refractivity contribution in [3.8, 4) is 0 Å². The molecule has 0 bridgehead atoms. The lowest BCUT2D eigenvalue weighted by Gasteiger charge is -2.31. The summed E-state index contributed by atoms with van der Waals surface area (Å²) in [6.45, 7) is 5.31. The Bertz CT molecular complexity index is 508. The SMILES string of the molecule is CCc1oc(C(=O)N2CCOC(CC)C2)cc1C(=O)O. The second kappa shape index (κ2) is 6.09. The Kier molecular flexibility index (Phi) is 4.44. The lowest BCUT2D eigenvalue weighted by atomic mass is 10.2. The minimum atomic E-state index is -1.07. The van der Waals surface area contributed by atoms with Crippen molar-refractivity contribution >= 4 is 11.9 Å². The minimum absolute atomic E-state index is 0.0345. The molecule has 0 aromatic carbocycles. The molecule has 0 aliphatic carbocycles. The summed E-state index contributed by atoms with van der Waals surface area (Å²) in [6, 6.07) is 1.32. The van der Waals surface area contributed by atoms with E-state index in [1.165, 1.54) is 6.07 Å². The fourth-order valence-electron chi connectivity index (χ4n) is 2.28. The lowest BCUT2D eigenvalue weighted by Crippen LogP contribution is -2.45. The first-order chi connectivity index (χ1) is 9.56. The number of carbonyl (C=O) groups is 2. The molecule has 1 aliphatic heterocycles. The topological polar surface area (TPSA) is 80.0 Å². The van der Waals surface area contributed by atoms with Crippen molar-refractivity contribution < 1.29 is 23.8 Å². The highest BCUT2D eigenvalue weighted by Gasteiger charge is 2.28. The standard InChI is InChI=1S/C14H19NO5/c1-3-9-8-15(5-6-19-9)13(16)12-7-10(14(17)18)11(4-2)20-12/h7,9H,3-6,8H2,1-2H3,(H,17,18). The maximum Gasteiger partial charge on any atom is 0.339 e. The molecular formula is C14H19NO5. The first-order valence-corrected chi connectivity index (χ1v) is 6.83. The van der Waals surface area contributed by atoms with E-state index < -0.39 is 5.97 Å². The average Bonchev–Trinajstić information content (AvgIpc) is 2.91. The van der Waals surface area contributed by atoms with Gasteiger partial charge in [-0.15, -0.1) is 0 Å². The number of ether oxygens (including phenoxy) is 1. The summed E-state index contributed by atoms with van der Waals surface area (Å²) in [6.07, 6.45) is 1.31. The van der Waals surface area contributed by atoms with Gasteiger partial charge in [-0.2, -0.15) is 0 Å². The van der Waals surface area contributed by atoms with E-state index in [2.05, 4.69) is 0 Å². The number of furan rings is 1. The summed E-state index contributed by atoms with van der Waals surface area (Å²) in [4.78, 5) is 25.1. The highest BCUT2D eigenvalue weighted by molar-refractivity contribution is 5.96. The molecule has 0 saturated carbocycles. The van der Waals surface area contributed by atoms with Gasteiger partial charge >= 0.3 is 5.97 Å². The first-order valence-electron chi connectivity index (χ1n) is 6.83. The molecule has 2 heterocycles. The molecule has 6 heteroatoms. The summed E-state index contributed by atoms with van der Waals surface area (Å²) in [5.41, 5.74) is 0.0659. The summed E-state index contributed by atoms with van der Waals surface area (Å²) >= 11 is 0. The van der Waals surface area contributed by atoms with Gasteiger partial charge in [-0.05, 0) is 6.42 Å². The van der Waals surface area contributed by atoms with Gasteiger partial charge in [0, 0.05) is 25.6 Å². The number of amides is 1. The van der Waals surface area contributed by atoms with E-state index in [0.29, 0.717) is 31.9 Å². The van der Waals surface area contributed by atoms with E-state index in [1.54, 1.807) is 11.8 Å². The number of nitrogens with zero attached hydrogens (tertiary/aromatic N) is 1. The van der Waals surface area contributed by atoms with Gasteiger partial charge in [-0.1, -0.05) is 13.8 Å². The van der Waals surface area contributed by atoms with E-state index in [0.717, 1.165) is 6.42 Å².